The Morgan fingerprint density at radius 2 is 2.11 bits per heavy atom. The van der Waals surface area contributed by atoms with Crippen molar-refractivity contribution in [2.75, 3.05) is 13.7 Å². The average molecular weight is 251 g/mol. The maximum atomic E-state index is 10.00. The molecule has 0 saturated heterocycles. The van der Waals surface area contributed by atoms with Crippen LogP contribution in [0.2, 0.25) is 0 Å². The Balaban J connectivity index is 2.75. The van der Waals surface area contributed by atoms with E-state index < -0.39 is 5.60 Å². The van der Waals surface area contributed by atoms with E-state index in [0.717, 1.165) is 17.7 Å². The summed E-state index contributed by atoms with van der Waals surface area (Å²) in [6.45, 7) is 8.53. The van der Waals surface area contributed by atoms with Gasteiger partial charge in [0.2, 0.25) is 0 Å². The molecular formula is C15H25NO2. The van der Waals surface area contributed by atoms with Gasteiger partial charge in [0.15, 0.2) is 0 Å². The molecule has 0 bridgehead atoms. The van der Waals surface area contributed by atoms with Gasteiger partial charge in [0.1, 0.15) is 5.75 Å². The normalized spacial score (nSPS) is 16.1. The number of hydrogen-bond acceptors (Lipinski definition) is 3. The molecule has 0 amide bonds. The van der Waals surface area contributed by atoms with E-state index in [4.69, 9.17) is 4.74 Å². The molecule has 1 rings (SSSR count). The average Bonchev–Trinajstić information content (AvgIpc) is 2.36. The van der Waals surface area contributed by atoms with Crippen LogP contribution in [0, 0.1) is 6.92 Å². The first kappa shape index (κ1) is 15.0. The van der Waals surface area contributed by atoms with Gasteiger partial charge in [0.05, 0.1) is 12.7 Å². The minimum atomic E-state index is -0.661. The number of methoxy groups -OCH3 is 1. The molecule has 2 atom stereocenters. The molecule has 3 heteroatoms. The summed E-state index contributed by atoms with van der Waals surface area (Å²) >= 11 is 0. The van der Waals surface area contributed by atoms with E-state index in [1.165, 1.54) is 5.56 Å². The highest BCUT2D eigenvalue weighted by Crippen LogP contribution is 2.26. The Labute approximate surface area is 110 Å². The topological polar surface area (TPSA) is 41.5 Å². The molecule has 1 aromatic carbocycles. The van der Waals surface area contributed by atoms with E-state index in [1.807, 2.05) is 26.8 Å². The van der Waals surface area contributed by atoms with Crippen LogP contribution in [0.5, 0.6) is 5.75 Å². The van der Waals surface area contributed by atoms with Crippen LogP contribution in [0.15, 0.2) is 18.2 Å². The van der Waals surface area contributed by atoms with Crippen LogP contribution in [0.3, 0.4) is 0 Å². The van der Waals surface area contributed by atoms with Gasteiger partial charge >= 0.3 is 0 Å². The van der Waals surface area contributed by atoms with Gasteiger partial charge in [0.25, 0.3) is 0 Å². The molecule has 0 spiro atoms. The van der Waals surface area contributed by atoms with Crippen LogP contribution in [0.1, 0.15) is 44.4 Å². The first-order valence-electron chi connectivity index (χ1n) is 6.50. The van der Waals surface area contributed by atoms with E-state index in [0.29, 0.717) is 6.54 Å². The Hall–Kier alpha value is -1.06. The third-order valence-electron chi connectivity index (χ3n) is 3.41. The van der Waals surface area contributed by atoms with Crippen LogP contribution < -0.4 is 10.1 Å². The van der Waals surface area contributed by atoms with Crippen LogP contribution in [0.4, 0.5) is 0 Å². The van der Waals surface area contributed by atoms with Crippen molar-refractivity contribution in [3.8, 4) is 5.75 Å². The van der Waals surface area contributed by atoms with E-state index in [9.17, 15) is 5.11 Å². The minimum Gasteiger partial charge on any atom is -0.496 e. The lowest BCUT2D eigenvalue weighted by atomic mass is 10.0. The first-order valence-corrected chi connectivity index (χ1v) is 6.50. The van der Waals surface area contributed by atoms with E-state index in [1.54, 1.807) is 7.11 Å². The van der Waals surface area contributed by atoms with Crippen molar-refractivity contribution in [3.05, 3.63) is 29.3 Å². The molecule has 2 unspecified atom stereocenters. The Bertz CT molecular complexity index is 388. The second-order valence-electron chi connectivity index (χ2n) is 5.20. The smallest absolute Gasteiger partial charge is 0.123 e. The van der Waals surface area contributed by atoms with Gasteiger partial charge in [-0.1, -0.05) is 19.1 Å². The minimum absolute atomic E-state index is 0.151. The van der Waals surface area contributed by atoms with Gasteiger partial charge in [-0.2, -0.15) is 0 Å². The standard InChI is InChI=1S/C15H25NO2/c1-6-15(4,17)10-16-12(3)13-8-7-11(2)9-14(13)18-5/h7-9,12,16-17H,6,10H2,1-5H3. The summed E-state index contributed by atoms with van der Waals surface area (Å²) in [5.41, 5.74) is 1.64. The predicted molar refractivity (Wildman–Crippen MR) is 75.1 cm³/mol. The lowest BCUT2D eigenvalue weighted by Gasteiger charge is -2.25. The summed E-state index contributed by atoms with van der Waals surface area (Å²) < 4.78 is 5.40. The molecule has 0 aliphatic rings. The lowest BCUT2D eigenvalue weighted by molar-refractivity contribution is 0.0533. The van der Waals surface area contributed by atoms with Crippen LogP contribution in [-0.4, -0.2) is 24.4 Å². The molecule has 1 aromatic rings. The van der Waals surface area contributed by atoms with Gasteiger partial charge in [-0.05, 0) is 38.8 Å². The maximum absolute atomic E-state index is 10.00. The molecule has 102 valence electrons. The van der Waals surface area contributed by atoms with E-state index in [-0.39, 0.29) is 6.04 Å². The number of hydrogen-bond donors (Lipinski definition) is 2. The van der Waals surface area contributed by atoms with Gasteiger partial charge < -0.3 is 15.2 Å². The number of nitrogens with one attached hydrogen (secondary N) is 1. The molecule has 0 aliphatic heterocycles. The zero-order valence-electron chi connectivity index (χ0n) is 12.1. The second-order valence-corrected chi connectivity index (χ2v) is 5.20. The maximum Gasteiger partial charge on any atom is 0.123 e. The summed E-state index contributed by atoms with van der Waals surface area (Å²) in [5.74, 6) is 0.895. The monoisotopic (exact) mass is 251 g/mol. The lowest BCUT2D eigenvalue weighted by Crippen LogP contribution is -2.38. The van der Waals surface area contributed by atoms with Crippen molar-refractivity contribution >= 4 is 0 Å². The summed E-state index contributed by atoms with van der Waals surface area (Å²) in [4.78, 5) is 0. The van der Waals surface area contributed by atoms with Crippen molar-refractivity contribution < 1.29 is 9.84 Å². The van der Waals surface area contributed by atoms with Gasteiger partial charge in [-0.25, -0.2) is 0 Å². The van der Waals surface area contributed by atoms with E-state index in [2.05, 4.69) is 24.4 Å². The summed E-state index contributed by atoms with van der Waals surface area (Å²) in [7, 11) is 1.69. The molecule has 0 fully saturated rings. The molecular weight excluding hydrogens is 226 g/mol. The highest BCUT2D eigenvalue weighted by atomic mass is 16.5. The van der Waals surface area contributed by atoms with Crippen LogP contribution in [-0.2, 0) is 0 Å². The third-order valence-corrected chi connectivity index (χ3v) is 3.41. The quantitative estimate of drug-likeness (QED) is 0.817. The zero-order valence-corrected chi connectivity index (χ0v) is 12.1. The van der Waals surface area contributed by atoms with E-state index >= 15 is 0 Å². The third kappa shape index (κ3) is 4.00. The van der Waals surface area contributed by atoms with Gasteiger partial charge in [-0.3, -0.25) is 0 Å². The Morgan fingerprint density at radius 1 is 1.44 bits per heavy atom. The number of benzene rings is 1. The SMILES string of the molecule is CCC(C)(O)CNC(C)c1ccc(C)cc1OC. The Kier molecular flexibility index (Phi) is 5.17. The summed E-state index contributed by atoms with van der Waals surface area (Å²) in [6, 6.07) is 6.34. The van der Waals surface area contributed by atoms with Crippen LogP contribution >= 0.6 is 0 Å². The molecule has 18 heavy (non-hydrogen) atoms. The number of rotatable bonds is 6. The highest BCUT2D eigenvalue weighted by Gasteiger charge is 2.19. The summed E-state index contributed by atoms with van der Waals surface area (Å²) in [6.07, 6.45) is 0.734. The first-order chi connectivity index (χ1) is 8.39. The van der Waals surface area contributed by atoms with Crippen molar-refractivity contribution in [1.82, 2.24) is 5.32 Å². The van der Waals surface area contributed by atoms with Crippen molar-refractivity contribution in [1.29, 1.82) is 0 Å². The largest absolute Gasteiger partial charge is 0.496 e. The second kappa shape index (κ2) is 6.21. The fraction of sp³-hybridized carbons (Fsp3) is 0.600. The zero-order chi connectivity index (χ0) is 13.8. The number of aliphatic hydroxyl groups is 1. The van der Waals surface area contributed by atoms with Gasteiger partial charge in [-0.15, -0.1) is 0 Å². The number of ether oxygens (including phenoxy) is 1. The number of aryl methyl sites for hydroxylation is 1. The molecule has 0 aliphatic carbocycles. The molecule has 2 N–H and O–H groups in total. The Morgan fingerprint density at radius 3 is 2.67 bits per heavy atom. The van der Waals surface area contributed by atoms with Crippen LogP contribution in [0.25, 0.3) is 0 Å². The summed E-state index contributed by atoms with van der Waals surface area (Å²) in [5, 5.41) is 13.4. The molecule has 3 nitrogen and oxygen atoms in total. The van der Waals surface area contributed by atoms with Crippen molar-refractivity contribution in [2.45, 2.75) is 45.8 Å². The molecule has 0 radical (unpaired) electrons. The van der Waals surface area contributed by atoms with Crippen molar-refractivity contribution in [3.63, 3.8) is 0 Å². The van der Waals surface area contributed by atoms with Gasteiger partial charge in [0, 0.05) is 18.2 Å². The molecule has 0 saturated carbocycles. The predicted octanol–water partition coefficient (Wildman–Crippen LogP) is 2.82. The van der Waals surface area contributed by atoms with Crippen molar-refractivity contribution in [2.24, 2.45) is 0 Å². The fourth-order valence-corrected chi connectivity index (χ4v) is 1.78. The highest BCUT2D eigenvalue weighted by molar-refractivity contribution is 5.39. The molecule has 0 heterocycles. The fourth-order valence-electron chi connectivity index (χ4n) is 1.78. The molecule has 0 aromatic heterocycles.